The summed E-state index contributed by atoms with van der Waals surface area (Å²) in [6, 6.07) is 14.0. The van der Waals surface area contributed by atoms with Crippen molar-refractivity contribution in [3.8, 4) is 11.5 Å². The zero-order valence-electron chi connectivity index (χ0n) is 11.5. The van der Waals surface area contributed by atoms with E-state index in [1.165, 1.54) is 5.56 Å². The molecule has 0 aliphatic carbocycles. The van der Waals surface area contributed by atoms with Crippen molar-refractivity contribution in [1.82, 2.24) is 5.32 Å². The third-order valence-corrected chi connectivity index (χ3v) is 3.59. The molecule has 2 aromatic rings. The van der Waals surface area contributed by atoms with Gasteiger partial charge in [0, 0.05) is 17.6 Å². The summed E-state index contributed by atoms with van der Waals surface area (Å²) < 4.78 is 6.72. The summed E-state index contributed by atoms with van der Waals surface area (Å²) in [5.74, 6) is 1.57. The molecule has 106 valence electrons. The van der Waals surface area contributed by atoms with Crippen LogP contribution in [0.15, 0.2) is 46.9 Å². The topological polar surface area (TPSA) is 21.3 Å². The third-order valence-electron chi connectivity index (χ3n) is 2.73. The van der Waals surface area contributed by atoms with E-state index in [0.717, 1.165) is 22.5 Å². The summed E-state index contributed by atoms with van der Waals surface area (Å²) in [6.45, 7) is 5.09. The molecule has 0 atom stereocenters. The standard InChI is InChI=1S/C16H17BrClNO/c1-11(2)19-10-12-4-3-5-14(8-12)20-16-7-6-13(18)9-15(16)17/h3-9,11,19H,10H2,1-2H3. The summed E-state index contributed by atoms with van der Waals surface area (Å²) in [4.78, 5) is 0. The predicted molar refractivity (Wildman–Crippen MR) is 87.6 cm³/mol. The average molecular weight is 355 g/mol. The van der Waals surface area contributed by atoms with Crippen LogP contribution in [0, 0.1) is 0 Å². The van der Waals surface area contributed by atoms with E-state index in [-0.39, 0.29) is 0 Å². The summed E-state index contributed by atoms with van der Waals surface area (Å²) >= 11 is 9.37. The number of benzene rings is 2. The zero-order valence-corrected chi connectivity index (χ0v) is 13.8. The Morgan fingerprint density at radius 1 is 1.20 bits per heavy atom. The van der Waals surface area contributed by atoms with Gasteiger partial charge in [-0.3, -0.25) is 0 Å². The first-order valence-electron chi connectivity index (χ1n) is 6.50. The number of ether oxygens (including phenoxy) is 1. The Bertz CT molecular complexity index is 586. The maximum atomic E-state index is 5.92. The second-order valence-corrected chi connectivity index (χ2v) is 6.15. The van der Waals surface area contributed by atoms with Gasteiger partial charge in [-0.25, -0.2) is 0 Å². The van der Waals surface area contributed by atoms with Crippen molar-refractivity contribution in [3.63, 3.8) is 0 Å². The van der Waals surface area contributed by atoms with Crippen LogP contribution in [-0.4, -0.2) is 6.04 Å². The zero-order chi connectivity index (χ0) is 14.5. The van der Waals surface area contributed by atoms with Gasteiger partial charge >= 0.3 is 0 Å². The quantitative estimate of drug-likeness (QED) is 0.777. The van der Waals surface area contributed by atoms with Crippen LogP contribution in [0.3, 0.4) is 0 Å². The molecule has 0 aliphatic rings. The molecule has 0 bridgehead atoms. The van der Waals surface area contributed by atoms with Gasteiger partial charge in [-0.05, 0) is 51.8 Å². The first kappa shape index (κ1) is 15.4. The lowest BCUT2D eigenvalue weighted by Gasteiger charge is -2.11. The van der Waals surface area contributed by atoms with Crippen LogP contribution in [0.2, 0.25) is 5.02 Å². The van der Waals surface area contributed by atoms with Crippen LogP contribution >= 0.6 is 27.5 Å². The molecule has 0 fully saturated rings. The Balaban J connectivity index is 2.11. The third kappa shape index (κ3) is 4.51. The van der Waals surface area contributed by atoms with Crippen LogP contribution in [-0.2, 0) is 6.54 Å². The highest BCUT2D eigenvalue weighted by atomic mass is 79.9. The molecule has 4 heteroatoms. The number of hydrogen-bond acceptors (Lipinski definition) is 2. The average Bonchev–Trinajstić information content (AvgIpc) is 2.40. The lowest BCUT2D eigenvalue weighted by molar-refractivity contribution is 0.478. The van der Waals surface area contributed by atoms with Gasteiger partial charge in [-0.1, -0.05) is 37.6 Å². The van der Waals surface area contributed by atoms with Gasteiger partial charge in [-0.15, -0.1) is 0 Å². The smallest absolute Gasteiger partial charge is 0.141 e. The number of halogens is 2. The summed E-state index contributed by atoms with van der Waals surface area (Å²) in [5.41, 5.74) is 1.20. The van der Waals surface area contributed by atoms with E-state index in [1.54, 1.807) is 0 Å². The molecule has 2 aromatic carbocycles. The molecule has 0 spiro atoms. The lowest BCUT2D eigenvalue weighted by atomic mass is 10.2. The second-order valence-electron chi connectivity index (χ2n) is 4.86. The summed E-state index contributed by atoms with van der Waals surface area (Å²) in [6.07, 6.45) is 0. The van der Waals surface area contributed by atoms with Crippen LogP contribution < -0.4 is 10.1 Å². The summed E-state index contributed by atoms with van der Waals surface area (Å²) in [5, 5.41) is 4.07. The monoisotopic (exact) mass is 353 g/mol. The molecular formula is C16H17BrClNO. The van der Waals surface area contributed by atoms with Gasteiger partial charge < -0.3 is 10.1 Å². The van der Waals surface area contributed by atoms with E-state index in [1.807, 2.05) is 36.4 Å². The van der Waals surface area contributed by atoms with E-state index in [9.17, 15) is 0 Å². The van der Waals surface area contributed by atoms with Crippen LogP contribution in [0.4, 0.5) is 0 Å². The van der Waals surface area contributed by atoms with Crippen molar-refractivity contribution in [2.45, 2.75) is 26.4 Å². The van der Waals surface area contributed by atoms with E-state index in [2.05, 4.69) is 41.2 Å². The van der Waals surface area contributed by atoms with Crippen LogP contribution in [0.1, 0.15) is 19.4 Å². The van der Waals surface area contributed by atoms with Gasteiger partial charge in [-0.2, -0.15) is 0 Å². The molecule has 0 amide bonds. The molecule has 20 heavy (non-hydrogen) atoms. The Hall–Kier alpha value is -1.03. The molecular weight excluding hydrogens is 338 g/mol. The number of rotatable bonds is 5. The van der Waals surface area contributed by atoms with Crippen molar-refractivity contribution in [2.24, 2.45) is 0 Å². The van der Waals surface area contributed by atoms with E-state index < -0.39 is 0 Å². The van der Waals surface area contributed by atoms with E-state index in [4.69, 9.17) is 16.3 Å². The minimum Gasteiger partial charge on any atom is -0.456 e. The molecule has 0 radical (unpaired) electrons. The molecule has 0 heterocycles. The van der Waals surface area contributed by atoms with Crippen molar-refractivity contribution < 1.29 is 4.74 Å². The maximum absolute atomic E-state index is 5.92. The van der Waals surface area contributed by atoms with Crippen LogP contribution in [0.5, 0.6) is 11.5 Å². The molecule has 2 nitrogen and oxygen atoms in total. The highest BCUT2D eigenvalue weighted by molar-refractivity contribution is 9.10. The Morgan fingerprint density at radius 2 is 2.00 bits per heavy atom. The molecule has 2 rings (SSSR count). The van der Waals surface area contributed by atoms with Crippen molar-refractivity contribution >= 4 is 27.5 Å². The van der Waals surface area contributed by atoms with Gasteiger partial charge in [0.05, 0.1) is 4.47 Å². The molecule has 0 saturated heterocycles. The Kier molecular flexibility index (Phi) is 5.46. The highest BCUT2D eigenvalue weighted by Gasteiger charge is 2.04. The molecule has 0 saturated carbocycles. The first-order valence-corrected chi connectivity index (χ1v) is 7.67. The number of hydrogen-bond donors (Lipinski definition) is 1. The predicted octanol–water partition coefficient (Wildman–Crippen LogP) is 5.39. The van der Waals surface area contributed by atoms with Crippen molar-refractivity contribution in [1.29, 1.82) is 0 Å². The SMILES string of the molecule is CC(C)NCc1cccc(Oc2ccc(Cl)cc2Br)c1. The fourth-order valence-corrected chi connectivity index (χ4v) is 2.49. The van der Waals surface area contributed by atoms with Gasteiger partial charge in [0.25, 0.3) is 0 Å². The summed E-state index contributed by atoms with van der Waals surface area (Å²) in [7, 11) is 0. The second kappa shape index (κ2) is 7.11. The largest absolute Gasteiger partial charge is 0.456 e. The maximum Gasteiger partial charge on any atom is 0.141 e. The van der Waals surface area contributed by atoms with Crippen molar-refractivity contribution in [3.05, 3.63) is 57.5 Å². The molecule has 0 aromatic heterocycles. The fraction of sp³-hybridized carbons (Fsp3) is 0.250. The molecule has 1 N–H and O–H groups in total. The Morgan fingerprint density at radius 3 is 2.70 bits per heavy atom. The first-order chi connectivity index (χ1) is 9.54. The lowest BCUT2D eigenvalue weighted by Crippen LogP contribution is -2.21. The van der Waals surface area contributed by atoms with Crippen molar-refractivity contribution in [2.75, 3.05) is 0 Å². The molecule has 0 unspecified atom stereocenters. The number of nitrogens with one attached hydrogen (secondary N) is 1. The Labute approximate surface area is 133 Å². The van der Waals surface area contributed by atoms with E-state index in [0.29, 0.717) is 11.1 Å². The fourth-order valence-electron chi connectivity index (χ4n) is 1.73. The van der Waals surface area contributed by atoms with E-state index >= 15 is 0 Å². The van der Waals surface area contributed by atoms with Gasteiger partial charge in [0.2, 0.25) is 0 Å². The van der Waals surface area contributed by atoms with Crippen LogP contribution in [0.25, 0.3) is 0 Å². The highest BCUT2D eigenvalue weighted by Crippen LogP contribution is 2.32. The minimum atomic E-state index is 0.463. The normalized spacial score (nSPS) is 10.8. The minimum absolute atomic E-state index is 0.463. The molecule has 0 aliphatic heterocycles. The van der Waals surface area contributed by atoms with Gasteiger partial charge in [0.15, 0.2) is 0 Å². The van der Waals surface area contributed by atoms with Gasteiger partial charge in [0.1, 0.15) is 11.5 Å².